The number of hydrogen-bond donors (Lipinski definition) is 2. The van der Waals surface area contributed by atoms with E-state index in [4.69, 9.17) is 4.99 Å². The Morgan fingerprint density at radius 1 is 1.33 bits per heavy atom. The Kier molecular flexibility index (Phi) is 10.2. The molecule has 1 fully saturated rings. The maximum atomic E-state index is 4.75. The van der Waals surface area contributed by atoms with Crippen LogP contribution in [0.2, 0.25) is 0 Å². The van der Waals surface area contributed by atoms with Gasteiger partial charge in [0.25, 0.3) is 0 Å². The van der Waals surface area contributed by atoms with Crippen molar-refractivity contribution in [1.29, 1.82) is 0 Å². The van der Waals surface area contributed by atoms with Gasteiger partial charge in [0.05, 0.1) is 0 Å². The second-order valence-electron chi connectivity index (χ2n) is 6.67. The molecule has 1 aliphatic rings. The minimum atomic E-state index is 0. The molecule has 24 heavy (non-hydrogen) atoms. The van der Waals surface area contributed by atoms with Crippen molar-refractivity contribution in [2.45, 2.75) is 58.5 Å². The molecule has 0 amide bonds. The second kappa shape index (κ2) is 11.3. The van der Waals surface area contributed by atoms with Crippen LogP contribution in [0.25, 0.3) is 0 Å². The minimum absolute atomic E-state index is 0. The topological polar surface area (TPSA) is 39.7 Å². The van der Waals surface area contributed by atoms with Crippen LogP contribution in [0.15, 0.2) is 21.8 Å². The van der Waals surface area contributed by atoms with Crippen molar-refractivity contribution in [2.24, 2.45) is 4.99 Å². The van der Waals surface area contributed by atoms with E-state index < -0.39 is 0 Å². The predicted octanol–water partition coefficient (Wildman–Crippen LogP) is 3.90. The van der Waals surface area contributed by atoms with Crippen LogP contribution in [0.4, 0.5) is 0 Å². The van der Waals surface area contributed by atoms with Crippen LogP contribution < -0.4 is 10.6 Å². The Morgan fingerprint density at radius 3 is 2.62 bits per heavy atom. The Bertz CT molecular complexity index is 469. The molecule has 1 unspecified atom stereocenters. The quantitative estimate of drug-likeness (QED) is 0.331. The normalized spacial score (nSPS) is 16.2. The molecule has 0 radical (unpaired) electrons. The molecule has 1 aliphatic carbocycles. The Labute approximate surface area is 168 Å². The highest BCUT2D eigenvalue weighted by atomic mass is 127. The molecule has 1 aromatic heterocycles. The molecule has 1 saturated carbocycles. The van der Waals surface area contributed by atoms with E-state index in [-0.39, 0.29) is 24.0 Å². The number of rotatable bonds is 9. The number of thiophene rings is 1. The molecule has 1 heterocycles. The number of aliphatic imine (C=N–C) groups is 1. The first-order chi connectivity index (χ1) is 11.1. The monoisotopic (exact) mass is 464 g/mol. The highest BCUT2D eigenvalue weighted by Crippen LogP contribution is 2.27. The van der Waals surface area contributed by atoms with Crippen LogP contribution in [-0.4, -0.2) is 49.1 Å². The molecule has 138 valence electrons. The van der Waals surface area contributed by atoms with E-state index in [9.17, 15) is 0 Å². The Balaban J connectivity index is 0.00000288. The molecule has 0 saturated heterocycles. The fourth-order valence-electron chi connectivity index (χ4n) is 2.80. The van der Waals surface area contributed by atoms with E-state index in [0.717, 1.165) is 38.2 Å². The van der Waals surface area contributed by atoms with E-state index in [1.54, 1.807) is 11.3 Å². The van der Waals surface area contributed by atoms with E-state index in [0.29, 0.717) is 12.0 Å². The van der Waals surface area contributed by atoms with Gasteiger partial charge in [-0.15, -0.1) is 24.0 Å². The molecule has 4 nitrogen and oxygen atoms in total. The van der Waals surface area contributed by atoms with Crippen LogP contribution in [0.1, 0.15) is 52.0 Å². The van der Waals surface area contributed by atoms with Crippen molar-refractivity contribution in [1.82, 2.24) is 15.5 Å². The summed E-state index contributed by atoms with van der Waals surface area (Å²) >= 11 is 1.76. The average Bonchev–Trinajstić information content (AvgIpc) is 3.20. The van der Waals surface area contributed by atoms with Gasteiger partial charge >= 0.3 is 0 Å². The Morgan fingerprint density at radius 2 is 2.08 bits per heavy atom. The molecule has 1 aromatic rings. The lowest BCUT2D eigenvalue weighted by atomic mass is 10.1. The average molecular weight is 464 g/mol. The maximum Gasteiger partial charge on any atom is 0.191 e. The van der Waals surface area contributed by atoms with Crippen molar-refractivity contribution in [3.05, 3.63) is 22.4 Å². The van der Waals surface area contributed by atoms with Crippen LogP contribution in [0.3, 0.4) is 0 Å². The van der Waals surface area contributed by atoms with E-state index in [1.165, 1.54) is 18.4 Å². The highest BCUT2D eigenvalue weighted by molar-refractivity contribution is 14.0. The smallest absolute Gasteiger partial charge is 0.191 e. The van der Waals surface area contributed by atoms with Gasteiger partial charge in [-0.1, -0.05) is 6.92 Å². The summed E-state index contributed by atoms with van der Waals surface area (Å²) in [6, 6.07) is 3.64. The molecule has 0 aromatic carbocycles. The molecular weight excluding hydrogens is 431 g/mol. The molecule has 1 atom stereocenters. The summed E-state index contributed by atoms with van der Waals surface area (Å²) in [6.07, 6.45) is 2.73. The summed E-state index contributed by atoms with van der Waals surface area (Å²) < 4.78 is 0. The largest absolute Gasteiger partial charge is 0.357 e. The molecule has 2 rings (SSSR count). The lowest BCUT2D eigenvalue weighted by molar-refractivity contribution is 0.215. The fourth-order valence-corrected chi connectivity index (χ4v) is 3.59. The zero-order chi connectivity index (χ0) is 16.7. The highest BCUT2D eigenvalue weighted by Gasteiger charge is 2.30. The Hall–Kier alpha value is -0.340. The summed E-state index contributed by atoms with van der Waals surface area (Å²) in [5, 5.41) is 11.2. The number of halogens is 1. The maximum absolute atomic E-state index is 4.75. The SMILES string of the molecule is CCNC(=NCC(C)c1ccsc1)NCCN(C(C)C)C1CC1.I. The third-order valence-corrected chi connectivity index (χ3v) is 5.02. The van der Waals surface area contributed by atoms with Crippen LogP contribution >= 0.6 is 35.3 Å². The van der Waals surface area contributed by atoms with Crippen molar-refractivity contribution >= 4 is 41.3 Å². The molecule has 0 spiro atoms. The number of nitrogens with one attached hydrogen (secondary N) is 2. The van der Waals surface area contributed by atoms with Gasteiger partial charge in [-0.25, -0.2) is 0 Å². The van der Waals surface area contributed by atoms with Gasteiger partial charge < -0.3 is 10.6 Å². The van der Waals surface area contributed by atoms with Crippen LogP contribution in [0.5, 0.6) is 0 Å². The third-order valence-electron chi connectivity index (χ3n) is 4.32. The summed E-state index contributed by atoms with van der Waals surface area (Å²) in [6.45, 7) is 12.7. The predicted molar refractivity (Wildman–Crippen MR) is 117 cm³/mol. The standard InChI is InChI=1S/C18H32N4S.HI/c1-5-19-18(21-12-15(4)16-8-11-23-13-16)20-9-10-22(14(2)3)17-6-7-17;/h8,11,13-15,17H,5-7,9-10,12H2,1-4H3,(H2,19,20,21);1H. The molecular formula is C18H33IN4S. The minimum Gasteiger partial charge on any atom is -0.357 e. The van der Waals surface area contributed by atoms with Gasteiger partial charge in [0.2, 0.25) is 0 Å². The van der Waals surface area contributed by atoms with Crippen LogP contribution in [-0.2, 0) is 0 Å². The number of hydrogen-bond acceptors (Lipinski definition) is 3. The first-order valence-electron chi connectivity index (χ1n) is 8.91. The zero-order valence-electron chi connectivity index (χ0n) is 15.4. The third kappa shape index (κ3) is 7.27. The molecule has 6 heteroatoms. The molecule has 0 bridgehead atoms. The first kappa shape index (κ1) is 21.7. The van der Waals surface area contributed by atoms with Gasteiger partial charge in [0, 0.05) is 44.2 Å². The van der Waals surface area contributed by atoms with Crippen molar-refractivity contribution < 1.29 is 0 Å². The van der Waals surface area contributed by atoms with Crippen molar-refractivity contribution in [3.8, 4) is 0 Å². The lowest BCUT2D eigenvalue weighted by Crippen LogP contribution is -2.44. The summed E-state index contributed by atoms with van der Waals surface area (Å²) in [4.78, 5) is 7.35. The molecule has 0 aliphatic heterocycles. The number of guanidine groups is 1. The summed E-state index contributed by atoms with van der Waals surface area (Å²) in [7, 11) is 0. The fraction of sp³-hybridized carbons (Fsp3) is 0.722. The van der Waals surface area contributed by atoms with Gasteiger partial charge in [-0.05, 0) is 56.0 Å². The molecule has 2 N–H and O–H groups in total. The number of nitrogens with zero attached hydrogens (tertiary/aromatic N) is 2. The zero-order valence-corrected chi connectivity index (χ0v) is 18.6. The van der Waals surface area contributed by atoms with Gasteiger partial charge in [-0.3, -0.25) is 9.89 Å². The van der Waals surface area contributed by atoms with Gasteiger partial charge in [0.1, 0.15) is 0 Å². The first-order valence-corrected chi connectivity index (χ1v) is 9.86. The van der Waals surface area contributed by atoms with E-state index in [2.05, 4.69) is 60.1 Å². The van der Waals surface area contributed by atoms with Crippen molar-refractivity contribution in [2.75, 3.05) is 26.2 Å². The van der Waals surface area contributed by atoms with E-state index in [1.807, 2.05) is 0 Å². The van der Waals surface area contributed by atoms with E-state index >= 15 is 0 Å². The summed E-state index contributed by atoms with van der Waals surface area (Å²) in [5.74, 6) is 1.41. The van der Waals surface area contributed by atoms with Gasteiger partial charge in [0.15, 0.2) is 5.96 Å². The van der Waals surface area contributed by atoms with Gasteiger partial charge in [-0.2, -0.15) is 11.3 Å². The van der Waals surface area contributed by atoms with Crippen LogP contribution in [0, 0.1) is 0 Å². The van der Waals surface area contributed by atoms with Crippen molar-refractivity contribution in [3.63, 3.8) is 0 Å². The lowest BCUT2D eigenvalue weighted by Gasteiger charge is -2.26. The summed E-state index contributed by atoms with van der Waals surface area (Å²) in [5.41, 5.74) is 1.38. The second-order valence-corrected chi connectivity index (χ2v) is 7.45.